The van der Waals surface area contributed by atoms with Gasteiger partial charge in [0.1, 0.15) is 36.6 Å². The van der Waals surface area contributed by atoms with Gasteiger partial charge in [-0.3, -0.25) is 4.79 Å². The van der Waals surface area contributed by atoms with Crippen LogP contribution in [0, 0.1) is 5.92 Å². The van der Waals surface area contributed by atoms with Gasteiger partial charge < -0.3 is 50.5 Å². The van der Waals surface area contributed by atoms with Crippen LogP contribution >= 0.6 is 0 Å². The Morgan fingerprint density at radius 2 is 0.982 bits per heavy atom. The third-order valence-corrected chi connectivity index (χ3v) is 11.8. The number of hydrogen-bond acceptors (Lipinski definition) is 10. The van der Waals surface area contributed by atoms with E-state index < -0.39 is 74.2 Å². The maximum absolute atomic E-state index is 13.1. The maximum atomic E-state index is 13.1. The predicted octanol–water partition coefficient (Wildman–Crippen LogP) is 7.75. The molecular formula is C46H91NO10. The number of aliphatic hydroxyl groups is 7. The fraction of sp³-hybridized carbons (Fsp3) is 0.978. The molecule has 0 radical (unpaired) electrons. The first kappa shape index (κ1) is 54.1. The smallest absolute Gasteiger partial charge is 0.249 e. The second-order valence-corrected chi connectivity index (χ2v) is 17.7. The van der Waals surface area contributed by atoms with Crippen molar-refractivity contribution in [1.29, 1.82) is 0 Å². The lowest BCUT2D eigenvalue weighted by Gasteiger charge is -2.40. The molecule has 0 aliphatic carbocycles. The molecule has 1 saturated heterocycles. The van der Waals surface area contributed by atoms with E-state index in [0.29, 0.717) is 19.3 Å². The summed E-state index contributed by atoms with van der Waals surface area (Å²) in [6.45, 7) is 5.74. The van der Waals surface area contributed by atoms with Gasteiger partial charge in [-0.2, -0.15) is 0 Å². The van der Waals surface area contributed by atoms with Crippen LogP contribution in [0.1, 0.15) is 213 Å². The van der Waals surface area contributed by atoms with E-state index in [2.05, 4.69) is 26.1 Å². The topological polar surface area (TPSA) is 189 Å². The molecule has 11 nitrogen and oxygen atoms in total. The first-order chi connectivity index (χ1) is 27.5. The van der Waals surface area contributed by atoms with Gasteiger partial charge in [0.05, 0.1) is 25.4 Å². The third-order valence-electron chi connectivity index (χ3n) is 11.8. The number of ether oxygens (including phenoxy) is 2. The van der Waals surface area contributed by atoms with Crippen molar-refractivity contribution < 1.29 is 50.0 Å². The van der Waals surface area contributed by atoms with Crippen LogP contribution in [-0.4, -0.2) is 110 Å². The van der Waals surface area contributed by atoms with Crippen LogP contribution in [0.25, 0.3) is 0 Å². The third kappa shape index (κ3) is 26.8. The summed E-state index contributed by atoms with van der Waals surface area (Å²) in [7, 11) is 0. The Labute approximate surface area is 348 Å². The van der Waals surface area contributed by atoms with Crippen LogP contribution in [0.5, 0.6) is 0 Å². The van der Waals surface area contributed by atoms with Crippen molar-refractivity contribution in [2.24, 2.45) is 5.92 Å². The molecule has 1 amide bonds. The maximum Gasteiger partial charge on any atom is 0.249 e. The molecule has 0 bridgehead atoms. The summed E-state index contributed by atoms with van der Waals surface area (Å²) in [5.41, 5.74) is 0. The Bertz CT molecular complexity index is 910. The Hall–Kier alpha value is -0.890. The molecule has 1 aliphatic heterocycles. The zero-order valence-electron chi connectivity index (χ0n) is 36.8. The quantitative estimate of drug-likeness (QED) is 0.0285. The van der Waals surface area contributed by atoms with E-state index in [1.54, 1.807) is 0 Å². The standard InChI is InChI=1S/C46H91NO10/c1-4-5-6-7-8-9-10-11-12-13-14-15-16-17-20-24-27-30-33-39(50)45(55)47-37(35-56-46-44(54)43(53)42(52)40(34-48)57-46)41(51)38(49)32-29-26-23-21-18-19-22-25-28-31-36(2)3/h36-44,46,48-54H,4-35H2,1-3H3,(H,47,55)/t37-,38+,39+,40+,41-,42-,43-,44+,46+/m0/s1. The molecule has 1 heterocycles. The van der Waals surface area contributed by atoms with Gasteiger partial charge in [0.25, 0.3) is 0 Å². The van der Waals surface area contributed by atoms with Gasteiger partial charge in [0.2, 0.25) is 5.91 Å². The zero-order chi connectivity index (χ0) is 42.1. The van der Waals surface area contributed by atoms with Crippen LogP contribution in [0.4, 0.5) is 0 Å². The van der Waals surface area contributed by atoms with Crippen molar-refractivity contribution in [3.8, 4) is 0 Å². The Morgan fingerprint density at radius 3 is 1.40 bits per heavy atom. The molecule has 1 rings (SSSR count). The molecule has 0 saturated carbocycles. The summed E-state index contributed by atoms with van der Waals surface area (Å²) in [5, 5.41) is 75.6. The normalized spacial score (nSPS) is 22.1. The van der Waals surface area contributed by atoms with E-state index in [9.17, 15) is 40.5 Å². The van der Waals surface area contributed by atoms with Gasteiger partial charge in [0, 0.05) is 0 Å². The second kappa shape index (κ2) is 35.8. The fourth-order valence-electron chi connectivity index (χ4n) is 7.86. The summed E-state index contributed by atoms with van der Waals surface area (Å²) in [5.74, 6) is 0.0695. The molecular weight excluding hydrogens is 727 g/mol. The molecule has 0 spiro atoms. The highest BCUT2D eigenvalue weighted by Gasteiger charge is 2.44. The lowest BCUT2D eigenvalue weighted by Crippen LogP contribution is -2.60. The largest absolute Gasteiger partial charge is 0.394 e. The Balaban J connectivity index is 2.41. The molecule has 0 aromatic carbocycles. The summed E-state index contributed by atoms with van der Waals surface area (Å²) >= 11 is 0. The van der Waals surface area contributed by atoms with Gasteiger partial charge in [-0.15, -0.1) is 0 Å². The lowest BCUT2D eigenvalue weighted by atomic mass is 9.98. The van der Waals surface area contributed by atoms with E-state index in [1.807, 2.05) is 0 Å². The van der Waals surface area contributed by atoms with Crippen molar-refractivity contribution in [2.75, 3.05) is 13.2 Å². The Morgan fingerprint density at radius 1 is 0.579 bits per heavy atom. The molecule has 11 heteroatoms. The summed E-state index contributed by atoms with van der Waals surface area (Å²) in [6, 6.07) is -1.16. The Kier molecular flexibility index (Phi) is 34.0. The first-order valence-electron chi connectivity index (χ1n) is 23.8. The molecule has 0 aromatic heterocycles. The number of nitrogens with one attached hydrogen (secondary N) is 1. The highest BCUT2D eigenvalue weighted by atomic mass is 16.7. The van der Waals surface area contributed by atoms with Gasteiger partial charge in [0.15, 0.2) is 6.29 Å². The van der Waals surface area contributed by atoms with Crippen LogP contribution < -0.4 is 5.32 Å². The lowest BCUT2D eigenvalue weighted by molar-refractivity contribution is -0.303. The molecule has 1 fully saturated rings. The van der Waals surface area contributed by atoms with Crippen LogP contribution in [0.3, 0.4) is 0 Å². The minimum atomic E-state index is -1.66. The molecule has 57 heavy (non-hydrogen) atoms. The molecule has 0 aromatic rings. The van der Waals surface area contributed by atoms with Gasteiger partial charge >= 0.3 is 0 Å². The average Bonchev–Trinajstić information content (AvgIpc) is 3.20. The monoisotopic (exact) mass is 818 g/mol. The van der Waals surface area contributed by atoms with E-state index in [4.69, 9.17) is 9.47 Å². The number of unbranched alkanes of at least 4 members (excludes halogenated alkanes) is 25. The van der Waals surface area contributed by atoms with Gasteiger partial charge in [-0.25, -0.2) is 0 Å². The summed E-state index contributed by atoms with van der Waals surface area (Å²) < 4.78 is 11.1. The van der Waals surface area contributed by atoms with Crippen molar-refractivity contribution >= 4 is 5.91 Å². The highest BCUT2D eigenvalue weighted by Crippen LogP contribution is 2.23. The molecule has 8 N–H and O–H groups in total. The minimum absolute atomic E-state index is 0.265. The number of hydrogen-bond donors (Lipinski definition) is 8. The predicted molar refractivity (Wildman–Crippen MR) is 229 cm³/mol. The van der Waals surface area contributed by atoms with E-state index >= 15 is 0 Å². The van der Waals surface area contributed by atoms with E-state index in [0.717, 1.165) is 44.4 Å². The molecule has 0 unspecified atom stereocenters. The van der Waals surface area contributed by atoms with Crippen molar-refractivity contribution in [2.45, 2.75) is 268 Å². The van der Waals surface area contributed by atoms with E-state index in [-0.39, 0.29) is 6.42 Å². The molecule has 9 atom stereocenters. The molecule has 340 valence electrons. The zero-order valence-corrected chi connectivity index (χ0v) is 36.8. The van der Waals surface area contributed by atoms with E-state index in [1.165, 1.54) is 128 Å². The van der Waals surface area contributed by atoms with Gasteiger partial charge in [-0.1, -0.05) is 201 Å². The first-order valence-corrected chi connectivity index (χ1v) is 23.8. The minimum Gasteiger partial charge on any atom is -0.394 e. The van der Waals surface area contributed by atoms with Crippen molar-refractivity contribution in [1.82, 2.24) is 5.32 Å². The van der Waals surface area contributed by atoms with Crippen LogP contribution in [0.2, 0.25) is 0 Å². The fourth-order valence-corrected chi connectivity index (χ4v) is 7.86. The average molecular weight is 818 g/mol. The number of aliphatic hydroxyl groups excluding tert-OH is 7. The second-order valence-electron chi connectivity index (χ2n) is 17.7. The van der Waals surface area contributed by atoms with Crippen molar-refractivity contribution in [3.05, 3.63) is 0 Å². The van der Waals surface area contributed by atoms with Crippen molar-refractivity contribution in [3.63, 3.8) is 0 Å². The number of carbonyl (C=O) groups is 1. The number of rotatable bonds is 39. The molecule has 1 aliphatic rings. The van der Waals surface area contributed by atoms with Crippen LogP contribution in [-0.2, 0) is 14.3 Å². The summed E-state index contributed by atoms with van der Waals surface area (Å²) in [4.78, 5) is 13.1. The summed E-state index contributed by atoms with van der Waals surface area (Å²) in [6.07, 6.45) is 23.0. The number of carbonyl (C=O) groups excluding carboxylic acids is 1. The highest BCUT2D eigenvalue weighted by molar-refractivity contribution is 5.80. The van der Waals surface area contributed by atoms with Gasteiger partial charge in [-0.05, 0) is 18.8 Å². The van der Waals surface area contributed by atoms with Crippen LogP contribution in [0.15, 0.2) is 0 Å². The number of amides is 1. The SMILES string of the molecule is CCCCCCCCCCCCCCCCCCCC[C@@H](O)C(=O)N[C@@H](CO[C@@H]1O[C@H](CO)[C@H](O)[C@H](O)[C@H]1O)[C@H](O)[C@H](O)CCCCCCCCCCCC(C)C.